The molecule has 0 bridgehead atoms. The topological polar surface area (TPSA) is 84.2 Å². The minimum absolute atomic E-state index is 0.225. The molecule has 0 aromatic heterocycles. The standard InChI is InChI=1S/C22H29N3O2/c1-22(2,3)19(23)21(27)25-18(14-16-10-6-4-7-11-16)20(26)24-15-17-12-8-5-9-13-17/h4-13,18-19H,14-15,23H2,1-3H3,(H,24,26)(H,25,27)/t18-,19-/m0/s1. The molecule has 0 aliphatic carbocycles. The third-order valence-corrected chi connectivity index (χ3v) is 4.44. The first-order chi connectivity index (χ1) is 12.8. The van der Waals surface area contributed by atoms with Crippen LogP contribution in [0.25, 0.3) is 0 Å². The summed E-state index contributed by atoms with van der Waals surface area (Å²) in [4.78, 5) is 25.3. The number of carbonyl (C=O) groups is 2. The lowest BCUT2D eigenvalue weighted by atomic mass is 9.86. The van der Waals surface area contributed by atoms with Gasteiger partial charge in [-0.1, -0.05) is 81.4 Å². The minimum Gasteiger partial charge on any atom is -0.350 e. The molecule has 0 radical (unpaired) electrons. The molecule has 0 saturated heterocycles. The van der Waals surface area contributed by atoms with Gasteiger partial charge in [0.2, 0.25) is 11.8 Å². The Morgan fingerprint density at radius 1 is 0.889 bits per heavy atom. The fraction of sp³-hybridized carbons (Fsp3) is 0.364. The number of nitrogens with two attached hydrogens (primary N) is 1. The lowest BCUT2D eigenvalue weighted by molar-refractivity contribution is -0.130. The lowest BCUT2D eigenvalue weighted by Crippen LogP contribution is -2.55. The van der Waals surface area contributed by atoms with E-state index < -0.39 is 12.1 Å². The van der Waals surface area contributed by atoms with Gasteiger partial charge in [-0.25, -0.2) is 0 Å². The molecule has 5 nitrogen and oxygen atoms in total. The first-order valence-electron chi connectivity index (χ1n) is 9.19. The van der Waals surface area contributed by atoms with Crippen LogP contribution in [0.15, 0.2) is 60.7 Å². The van der Waals surface area contributed by atoms with E-state index in [-0.39, 0.29) is 17.2 Å². The Balaban J connectivity index is 2.08. The van der Waals surface area contributed by atoms with Crippen molar-refractivity contribution in [3.63, 3.8) is 0 Å². The molecule has 0 spiro atoms. The van der Waals surface area contributed by atoms with Crippen LogP contribution in [0.1, 0.15) is 31.9 Å². The zero-order valence-electron chi connectivity index (χ0n) is 16.2. The highest BCUT2D eigenvalue weighted by Crippen LogP contribution is 2.17. The molecule has 0 aliphatic rings. The van der Waals surface area contributed by atoms with E-state index in [0.29, 0.717) is 13.0 Å². The van der Waals surface area contributed by atoms with Gasteiger partial charge in [-0.3, -0.25) is 9.59 Å². The van der Waals surface area contributed by atoms with Gasteiger partial charge < -0.3 is 16.4 Å². The summed E-state index contributed by atoms with van der Waals surface area (Å²) in [5, 5.41) is 5.74. The quantitative estimate of drug-likeness (QED) is 0.703. The molecule has 5 heteroatoms. The molecule has 2 atom stereocenters. The van der Waals surface area contributed by atoms with Gasteiger partial charge in [-0.05, 0) is 16.5 Å². The summed E-state index contributed by atoms with van der Waals surface area (Å²) in [5.74, 6) is -0.546. The summed E-state index contributed by atoms with van der Waals surface area (Å²) in [6, 6.07) is 17.9. The van der Waals surface area contributed by atoms with Crippen molar-refractivity contribution >= 4 is 11.8 Å². The SMILES string of the molecule is CC(C)(C)[C@@H](N)C(=O)N[C@@H](Cc1ccccc1)C(=O)NCc1ccccc1. The molecule has 0 saturated carbocycles. The second-order valence-corrected chi connectivity index (χ2v) is 7.80. The Labute approximate surface area is 161 Å². The first-order valence-corrected chi connectivity index (χ1v) is 9.19. The van der Waals surface area contributed by atoms with Crippen molar-refractivity contribution in [2.24, 2.45) is 11.1 Å². The summed E-state index contributed by atoms with van der Waals surface area (Å²) < 4.78 is 0. The zero-order valence-corrected chi connectivity index (χ0v) is 16.2. The average molecular weight is 367 g/mol. The van der Waals surface area contributed by atoms with Gasteiger partial charge in [0.25, 0.3) is 0 Å². The van der Waals surface area contributed by atoms with E-state index >= 15 is 0 Å². The highest BCUT2D eigenvalue weighted by Gasteiger charge is 2.30. The number of carbonyl (C=O) groups excluding carboxylic acids is 2. The van der Waals surface area contributed by atoms with Crippen LogP contribution in [-0.4, -0.2) is 23.9 Å². The smallest absolute Gasteiger partial charge is 0.243 e. The van der Waals surface area contributed by atoms with E-state index in [2.05, 4.69) is 10.6 Å². The van der Waals surface area contributed by atoms with Gasteiger partial charge in [0.15, 0.2) is 0 Å². The molecule has 0 heterocycles. The van der Waals surface area contributed by atoms with Gasteiger partial charge in [-0.15, -0.1) is 0 Å². The number of benzene rings is 2. The van der Waals surface area contributed by atoms with E-state index in [9.17, 15) is 9.59 Å². The Hall–Kier alpha value is -2.66. The maximum atomic E-state index is 12.8. The third kappa shape index (κ3) is 6.53. The largest absolute Gasteiger partial charge is 0.350 e. The average Bonchev–Trinajstić information content (AvgIpc) is 2.65. The summed E-state index contributed by atoms with van der Waals surface area (Å²) >= 11 is 0. The van der Waals surface area contributed by atoms with Gasteiger partial charge in [0, 0.05) is 13.0 Å². The summed E-state index contributed by atoms with van der Waals surface area (Å²) in [6.45, 7) is 6.11. The van der Waals surface area contributed by atoms with Crippen LogP contribution in [0.3, 0.4) is 0 Å². The molecule has 2 amide bonds. The van der Waals surface area contributed by atoms with E-state index in [1.165, 1.54) is 0 Å². The lowest BCUT2D eigenvalue weighted by Gasteiger charge is -2.28. The van der Waals surface area contributed by atoms with E-state index in [1.54, 1.807) is 0 Å². The molecule has 2 aromatic carbocycles. The molecule has 27 heavy (non-hydrogen) atoms. The molecule has 0 aliphatic heterocycles. The van der Waals surface area contributed by atoms with Crippen molar-refractivity contribution in [3.05, 3.63) is 71.8 Å². The summed E-state index contributed by atoms with van der Waals surface area (Å²) in [7, 11) is 0. The zero-order chi connectivity index (χ0) is 19.9. The van der Waals surface area contributed by atoms with Crippen molar-refractivity contribution in [3.8, 4) is 0 Å². The molecule has 144 valence electrons. The van der Waals surface area contributed by atoms with E-state index in [0.717, 1.165) is 11.1 Å². The first kappa shape index (κ1) is 20.6. The Bertz CT molecular complexity index is 739. The second-order valence-electron chi connectivity index (χ2n) is 7.80. The van der Waals surface area contributed by atoms with Crippen molar-refractivity contribution in [1.29, 1.82) is 0 Å². The maximum absolute atomic E-state index is 12.8. The second kappa shape index (κ2) is 9.33. The highest BCUT2D eigenvalue weighted by molar-refractivity contribution is 5.90. The predicted molar refractivity (Wildman–Crippen MR) is 108 cm³/mol. The van der Waals surface area contributed by atoms with Crippen molar-refractivity contribution in [2.45, 2.75) is 45.8 Å². The minimum atomic E-state index is -0.697. The van der Waals surface area contributed by atoms with Crippen molar-refractivity contribution < 1.29 is 9.59 Å². The van der Waals surface area contributed by atoms with Crippen molar-refractivity contribution in [1.82, 2.24) is 10.6 Å². The van der Waals surface area contributed by atoms with Gasteiger partial charge in [0.05, 0.1) is 6.04 Å². The number of nitrogens with one attached hydrogen (secondary N) is 2. The third-order valence-electron chi connectivity index (χ3n) is 4.44. The van der Waals surface area contributed by atoms with Crippen LogP contribution in [0.4, 0.5) is 0 Å². The van der Waals surface area contributed by atoms with E-state index in [1.807, 2.05) is 81.4 Å². The van der Waals surface area contributed by atoms with Gasteiger partial charge in [-0.2, -0.15) is 0 Å². The monoisotopic (exact) mass is 367 g/mol. The Kier molecular flexibility index (Phi) is 7.13. The Morgan fingerprint density at radius 2 is 1.41 bits per heavy atom. The van der Waals surface area contributed by atoms with Crippen LogP contribution in [0.2, 0.25) is 0 Å². The number of amides is 2. The molecule has 0 unspecified atom stereocenters. The summed E-state index contributed by atoms with van der Waals surface area (Å²) in [5.41, 5.74) is 7.65. The number of rotatable bonds is 7. The fourth-order valence-corrected chi connectivity index (χ4v) is 2.62. The van der Waals surface area contributed by atoms with Gasteiger partial charge >= 0.3 is 0 Å². The molecule has 2 aromatic rings. The van der Waals surface area contributed by atoms with Crippen LogP contribution in [0, 0.1) is 5.41 Å². The maximum Gasteiger partial charge on any atom is 0.243 e. The van der Waals surface area contributed by atoms with Gasteiger partial charge in [0.1, 0.15) is 6.04 Å². The Morgan fingerprint density at radius 3 is 1.93 bits per heavy atom. The normalized spacial score (nSPS) is 13.5. The van der Waals surface area contributed by atoms with E-state index in [4.69, 9.17) is 5.73 Å². The molecule has 4 N–H and O–H groups in total. The number of hydrogen-bond acceptors (Lipinski definition) is 3. The predicted octanol–water partition coefficient (Wildman–Crippen LogP) is 2.40. The number of hydrogen-bond donors (Lipinski definition) is 3. The van der Waals surface area contributed by atoms with Crippen molar-refractivity contribution in [2.75, 3.05) is 0 Å². The van der Waals surface area contributed by atoms with Crippen LogP contribution in [-0.2, 0) is 22.6 Å². The molecule has 2 rings (SSSR count). The van der Waals surface area contributed by atoms with Crippen LogP contribution in [0.5, 0.6) is 0 Å². The highest BCUT2D eigenvalue weighted by atomic mass is 16.2. The fourth-order valence-electron chi connectivity index (χ4n) is 2.62. The van der Waals surface area contributed by atoms with Crippen LogP contribution < -0.4 is 16.4 Å². The molecule has 0 fully saturated rings. The van der Waals surface area contributed by atoms with Crippen LogP contribution >= 0.6 is 0 Å². The summed E-state index contributed by atoms with van der Waals surface area (Å²) in [6.07, 6.45) is 0.407. The molecular weight excluding hydrogens is 338 g/mol. The molecular formula is C22H29N3O2.